The maximum atomic E-state index is 5.68. The average Bonchev–Trinajstić information content (AvgIpc) is 3.25. The molecule has 2 N–H and O–H groups in total. The van der Waals surface area contributed by atoms with E-state index in [4.69, 9.17) is 4.74 Å². The smallest absolute Gasteiger partial charge is 0.229 e. The Morgan fingerprint density at radius 2 is 1.72 bits per heavy atom. The van der Waals surface area contributed by atoms with E-state index in [0.717, 1.165) is 41.7 Å². The minimum atomic E-state index is 0.535. The van der Waals surface area contributed by atoms with Crippen molar-refractivity contribution in [1.82, 2.24) is 9.97 Å². The van der Waals surface area contributed by atoms with Crippen LogP contribution in [0.25, 0.3) is 0 Å². The first-order valence-corrected chi connectivity index (χ1v) is 10.2. The molecule has 0 radical (unpaired) electrons. The highest BCUT2D eigenvalue weighted by Crippen LogP contribution is 2.28. The molecule has 1 aliphatic rings. The van der Waals surface area contributed by atoms with Gasteiger partial charge in [-0.05, 0) is 63.1 Å². The van der Waals surface area contributed by atoms with Crippen molar-refractivity contribution in [3.8, 4) is 5.75 Å². The summed E-state index contributed by atoms with van der Waals surface area (Å²) in [5.74, 6) is 2.07. The highest BCUT2D eigenvalue weighted by atomic mass is 16.5. The molecule has 0 unspecified atom stereocenters. The molecular weight excluding hydrogens is 362 g/mol. The lowest BCUT2D eigenvalue weighted by Crippen LogP contribution is -2.17. The molecule has 2 heterocycles. The van der Waals surface area contributed by atoms with Gasteiger partial charge in [-0.15, -0.1) is 0 Å². The molecule has 1 aliphatic heterocycles. The molecule has 0 bridgehead atoms. The van der Waals surface area contributed by atoms with E-state index in [9.17, 15) is 0 Å². The van der Waals surface area contributed by atoms with Crippen molar-refractivity contribution in [2.75, 3.05) is 35.2 Å². The van der Waals surface area contributed by atoms with Crippen molar-refractivity contribution < 1.29 is 4.74 Å². The molecule has 4 rings (SSSR count). The van der Waals surface area contributed by atoms with Crippen molar-refractivity contribution >= 4 is 28.8 Å². The van der Waals surface area contributed by atoms with E-state index in [1.54, 1.807) is 0 Å². The van der Waals surface area contributed by atoms with Gasteiger partial charge in [0.1, 0.15) is 11.6 Å². The van der Waals surface area contributed by atoms with Crippen LogP contribution in [0.15, 0.2) is 54.6 Å². The Kier molecular flexibility index (Phi) is 5.79. The van der Waals surface area contributed by atoms with E-state index < -0.39 is 0 Å². The van der Waals surface area contributed by atoms with Crippen LogP contribution in [-0.4, -0.2) is 29.7 Å². The summed E-state index contributed by atoms with van der Waals surface area (Å²) in [6.45, 7) is 6.83. The highest BCUT2D eigenvalue weighted by molar-refractivity contribution is 5.65. The summed E-state index contributed by atoms with van der Waals surface area (Å²) < 4.78 is 5.68. The third-order valence-electron chi connectivity index (χ3n) is 4.90. The number of hydrogen-bond acceptors (Lipinski definition) is 6. The molecule has 150 valence electrons. The highest BCUT2D eigenvalue weighted by Gasteiger charge is 2.12. The van der Waals surface area contributed by atoms with E-state index in [1.165, 1.54) is 18.5 Å². The van der Waals surface area contributed by atoms with Crippen molar-refractivity contribution in [2.24, 2.45) is 0 Å². The van der Waals surface area contributed by atoms with Gasteiger partial charge in [0.15, 0.2) is 0 Å². The predicted molar refractivity (Wildman–Crippen MR) is 119 cm³/mol. The zero-order chi connectivity index (χ0) is 20.1. The van der Waals surface area contributed by atoms with Crippen molar-refractivity contribution in [2.45, 2.75) is 26.7 Å². The molecule has 1 saturated heterocycles. The lowest BCUT2D eigenvalue weighted by molar-refractivity contribution is 0.342. The Morgan fingerprint density at radius 1 is 0.966 bits per heavy atom. The number of benzene rings is 2. The molecule has 0 saturated carbocycles. The summed E-state index contributed by atoms with van der Waals surface area (Å²) in [7, 11) is 0. The number of para-hydroxylation sites is 2. The lowest BCUT2D eigenvalue weighted by Gasteiger charge is -2.18. The molecule has 2 aromatic carbocycles. The fourth-order valence-electron chi connectivity index (χ4n) is 3.54. The maximum absolute atomic E-state index is 5.68. The van der Waals surface area contributed by atoms with Crippen LogP contribution in [0.5, 0.6) is 5.75 Å². The van der Waals surface area contributed by atoms with Crippen molar-refractivity contribution in [1.29, 1.82) is 0 Å². The fraction of sp³-hybridized carbons (Fsp3) is 0.304. The number of aromatic nitrogens is 2. The Hall–Kier alpha value is -3.28. The lowest BCUT2D eigenvalue weighted by atomic mass is 10.2. The minimum absolute atomic E-state index is 0.535. The molecule has 1 fully saturated rings. The van der Waals surface area contributed by atoms with Gasteiger partial charge >= 0.3 is 0 Å². The molecule has 6 nitrogen and oxygen atoms in total. The van der Waals surface area contributed by atoms with Gasteiger partial charge in [0, 0.05) is 36.2 Å². The number of ether oxygens (including phenoxy) is 1. The van der Waals surface area contributed by atoms with Crippen LogP contribution in [0.3, 0.4) is 0 Å². The van der Waals surface area contributed by atoms with Crippen LogP contribution < -0.4 is 20.3 Å². The molecular formula is C23H27N5O. The molecule has 29 heavy (non-hydrogen) atoms. The quantitative estimate of drug-likeness (QED) is 0.574. The topological polar surface area (TPSA) is 62.3 Å². The molecule has 0 amide bonds. The zero-order valence-electron chi connectivity index (χ0n) is 17.0. The number of anilines is 5. The minimum Gasteiger partial charge on any atom is -0.492 e. The maximum Gasteiger partial charge on any atom is 0.229 e. The van der Waals surface area contributed by atoms with Crippen molar-refractivity contribution in [3.63, 3.8) is 0 Å². The van der Waals surface area contributed by atoms with E-state index >= 15 is 0 Å². The Balaban J connectivity index is 1.50. The first-order chi connectivity index (χ1) is 14.2. The summed E-state index contributed by atoms with van der Waals surface area (Å²) in [5, 5.41) is 6.66. The van der Waals surface area contributed by atoms with Gasteiger partial charge in [-0.3, -0.25) is 0 Å². The second kappa shape index (κ2) is 8.82. The van der Waals surface area contributed by atoms with Crippen LogP contribution in [0, 0.1) is 6.92 Å². The van der Waals surface area contributed by atoms with Gasteiger partial charge < -0.3 is 20.3 Å². The normalized spacial score (nSPS) is 13.4. The molecule has 6 heteroatoms. The Bertz CT molecular complexity index is 952. The molecule has 0 aliphatic carbocycles. The van der Waals surface area contributed by atoms with Gasteiger partial charge in [-0.1, -0.05) is 12.1 Å². The number of rotatable bonds is 7. The zero-order valence-corrected chi connectivity index (χ0v) is 17.0. The predicted octanol–water partition coefficient (Wildman–Crippen LogP) is 5.27. The Labute approximate surface area is 172 Å². The summed E-state index contributed by atoms with van der Waals surface area (Å²) >= 11 is 0. The summed E-state index contributed by atoms with van der Waals surface area (Å²) in [6.07, 6.45) is 2.56. The Morgan fingerprint density at radius 3 is 2.48 bits per heavy atom. The van der Waals surface area contributed by atoms with E-state index in [1.807, 2.05) is 44.2 Å². The van der Waals surface area contributed by atoms with Crippen LogP contribution in [-0.2, 0) is 0 Å². The van der Waals surface area contributed by atoms with Crippen LogP contribution in [0.4, 0.5) is 28.8 Å². The number of nitrogens with zero attached hydrogens (tertiary/aromatic N) is 3. The largest absolute Gasteiger partial charge is 0.492 e. The van der Waals surface area contributed by atoms with E-state index in [0.29, 0.717) is 12.6 Å². The molecule has 0 atom stereocenters. The van der Waals surface area contributed by atoms with Gasteiger partial charge in [-0.2, -0.15) is 4.98 Å². The first-order valence-electron chi connectivity index (χ1n) is 10.2. The SMILES string of the molecule is CCOc1ccccc1Nc1nc(C)cc(Nc2ccc(N3CCCC3)cc2)n1. The van der Waals surface area contributed by atoms with E-state index in [2.05, 4.69) is 49.8 Å². The van der Waals surface area contributed by atoms with Gasteiger partial charge in [0.2, 0.25) is 5.95 Å². The first kappa shape index (κ1) is 19.1. The third-order valence-corrected chi connectivity index (χ3v) is 4.90. The second-order valence-corrected chi connectivity index (χ2v) is 7.14. The molecule has 3 aromatic rings. The summed E-state index contributed by atoms with van der Waals surface area (Å²) in [5.41, 5.74) is 4.02. The summed E-state index contributed by atoms with van der Waals surface area (Å²) in [4.78, 5) is 11.6. The van der Waals surface area contributed by atoms with Crippen LogP contribution in [0.2, 0.25) is 0 Å². The fourth-order valence-corrected chi connectivity index (χ4v) is 3.54. The number of hydrogen-bond donors (Lipinski definition) is 2. The van der Waals surface area contributed by atoms with E-state index in [-0.39, 0.29) is 0 Å². The standard InChI is InChI=1S/C23H27N5O/c1-3-29-21-9-5-4-8-20(21)26-23-24-17(2)16-22(27-23)25-18-10-12-19(13-11-18)28-14-6-7-15-28/h4-5,8-13,16H,3,6-7,14-15H2,1-2H3,(H2,24,25,26,27). The van der Waals surface area contributed by atoms with Crippen LogP contribution in [0.1, 0.15) is 25.5 Å². The number of nitrogens with one attached hydrogen (secondary N) is 2. The third kappa shape index (κ3) is 4.77. The van der Waals surface area contributed by atoms with Crippen molar-refractivity contribution in [3.05, 3.63) is 60.3 Å². The van der Waals surface area contributed by atoms with Gasteiger partial charge in [-0.25, -0.2) is 4.98 Å². The second-order valence-electron chi connectivity index (χ2n) is 7.14. The van der Waals surface area contributed by atoms with Gasteiger partial charge in [0.05, 0.1) is 12.3 Å². The summed E-state index contributed by atoms with van der Waals surface area (Å²) in [6, 6.07) is 18.3. The molecule has 1 aromatic heterocycles. The van der Waals surface area contributed by atoms with Crippen LogP contribution >= 0.6 is 0 Å². The monoisotopic (exact) mass is 389 g/mol. The van der Waals surface area contributed by atoms with Gasteiger partial charge in [0.25, 0.3) is 0 Å². The molecule has 0 spiro atoms. The average molecular weight is 390 g/mol. The number of aryl methyl sites for hydroxylation is 1.